The molecule has 11 heteroatoms. The number of anilines is 1. The molecule has 4 rings (SSSR count). The van der Waals surface area contributed by atoms with E-state index < -0.39 is 28.5 Å². The van der Waals surface area contributed by atoms with E-state index in [0.717, 1.165) is 35.6 Å². The van der Waals surface area contributed by atoms with Gasteiger partial charge in [-0.05, 0) is 68.1 Å². The lowest BCUT2D eigenvalue weighted by Crippen LogP contribution is -2.53. The van der Waals surface area contributed by atoms with E-state index in [2.05, 4.69) is 5.32 Å². The van der Waals surface area contributed by atoms with Crippen molar-refractivity contribution in [3.05, 3.63) is 92.9 Å². The van der Waals surface area contributed by atoms with Gasteiger partial charge in [-0.25, -0.2) is 8.42 Å². The third kappa shape index (κ3) is 7.59. The van der Waals surface area contributed by atoms with Crippen molar-refractivity contribution in [3.8, 4) is 0 Å². The maximum atomic E-state index is 14.2. The van der Waals surface area contributed by atoms with Crippen molar-refractivity contribution in [3.63, 3.8) is 0 Å². The highest BCUT2D eigenvalue weighted by Gasteiger charge is 2.35. The van der Waals surface area contributed by atoms with Gasteiger partial charge in [0.05, 0.1) is 20.6 Å². The molecule has 0 radical (unpaired) electrons. The van der Waals surface area contributed by atoms with Crippen LogP contribution in [-0.4, -0.2) is 43.8 Å². The Kier molecular flexibility index (Phi) is 10.8. The van der Waals surface area contributed by atoms with Crippen molar-refractivity contribution < 1.29 is 18.0 Å². The Morgan fingerprint density at radius 3 is 2.21 bits per heavy atom. The summed E-state index contributed by atoms with van der Waals surface area (Å²) >= 11 is 18.9. The number of carbonyl (C=O) groups is 2. The molecular formula is C31H34Cl3N3O4S. The Bertz CT molecular complexity index is 1530. The summed E-state index contributed by atoms with van der Waals surface area (Å²) in [5.74, 6) is -0.836. The van der Waals surface area contributed by atoms with Crippen LogP contribution in [0, 0.1) is 6.92 Å². The number of benzene rings is 3. The first-order valence-electron chi connectivity index (χ1n) is 13.9. The van der Waals surface area contributed by atoms with Crippen molar-refractivity contribution in [1.29, 1.82) is 0 Å². The van der Waals surface area contributed by atoms with Crippen LogP contribution < -0.4 is 9.62 Å². The molecular weight excluding hydrogens is 617 g/mol. The minimum Gasteiger partial charge on any atom is -0.352 e. The van der Waals surface area contributed by atoms with Gasteiger partial charge in [-0.1, -0.05) is 90.5 Å². The van der Waals surface area contributed by atoms with E-state index in [1.165, 1.54) is 35.2 Å². The highest BCUT2D eigenvalue weighted by molar-refractivity contribution is 7.92. The molecule has 1 fully saturated rings. The Balaban J connectivity index is 1.74. The summed E-state index contributed by atoms with van der Waals surface area (Å²) in [4.78, 5) is 29.2. The zero-order valence-electron chi connectivity index (χ0n) is 23.5. The molecule has 0 spiro atoms. The van der Waals surface area contributed by atoms with Crippen LogP contribution in [-0.2, 0) is 26.2 Å². The molecule has 3 aromatic carbocycles. The largest absolute Gasteiger partial charge is 0.352 e. The lowest BCUT2D eigenvalue weighted by molar-refractivity contribution is -0.140. The van der Waals surface area contributed by atoms with E-state index in [-0.39, 0.29) is 39.1 Å². The number of sulfonamides is 1. The number of aryl methyl sites for hydroxylation is 1. The fourth-order valence-corrected chi connectivity index (χ4v) is 7.00. The monoisotopic (exact) mass is 649 g/mol. The van der Waals surface area contributed by atoms with Crippen LogP contribution in [0.5, 0.6) is 0 Å². The number of nitrogens with zero attached hydrogens (tertiary/aromatic N) is 2. The highest BCUT2D eigenvalue weighted by Crippen LogP contribution is 2.31. The molecule has 1 saturated carbocycles. The van der Waals surface area contributed by atoms with Gasteiger partial charge in [-0.3, -0.25) is 13.9 Å². The highest BCUT2D eigenvalue weighted by atomic mass is 35.5. The van der Waals surface area contributed by atoms with Crippen molar-refractivity contribution in [2.45, 2.75) is 69.5 Å². The zero-order valence-corrected chi connectivity index (χ0v) is 26.6. The quantitative estimate of drug-likeness (QED) is 0.242. The molecule has 224 valence electrons. The second-order valence-corrected chi connectivity index (χ2v) is 13.5. The predicted molar refractivity (Wildman–Crippen MR) is 169 cm³/mol. The molecule has 1 aliphatic carbocycles. The molecule has 42 heavy (non-hydrogen) atoms. The van der Waals surface area contributed by atoms with E-state index in [4.69, 9.17) is 34.8 Å². The molecule has 0 aliphatic heterocycles. The van der Waals surface area contributed by atoms with Gasteiger partial charge in [-0.15, -0.1) is 0 Å². The van der Waals surface area contributed by atoms with Crippen LogP contribution in [0.3, 0.4) is 0 Å². The van der Waals surface area contributed by atoms with Crippen molar-refractivity contribution in [1.82, 2.24) is 10.2 Å². The fraction of sp³-hybridized carbons (Fsp3) is 0.355. The normalized spacial score (nSPS) is 14.4. The maximum absolute atomic E-state index is 14.2. The minimum atomic E-state index is -4.22. The van der Waals surface area contributed by atoms with E-state index in [1.807, 2.05) is 13.8 Å². The first kappa shape index (κ1) is 32.1. The molecule has 1 unspecified atom stereocenters. The number of hydrogen-bond acceptors (Lipinski definition) is 4. The Labute approximate surface area is 262 Å². The van der Waals surface area contributed by atoms with Gasteiger partial charge < -0.3 is 10.2 Å². The summed E-state index contributed by atoms with van der Waals surface area (Å²) in [7, 11) is -4.22. The second kappa shape index (κ2) is 14.1. The van der Waals surface area contributed by atoms with Crippen LogP contribution in [0.1, 0.15) is 50.2 Å². The lowest BCUT2D eigenvalue weighted by Gasteiger charge is -2.34. The van der Waals surface area contributed by atoms with Gasteiger partial charge in [0, 0.05) is 17.6 Å². The smallest absolute Gasteiger partial charge is 0.264 e. The Morgan fingerprint density at radius 1 is 0.929 bits per heavy atom. The Hall–Kier alpha value is -2.78. The summed E-state index contributed by atoms with van der Waals surface area (Å²) in [5.41, 5.74) is 1.69. The van der Waals surface area contributed by atoms with Crippen LogP contribution >= 0.6 is 34.8 Å². The van der Waals surface area contributed by atoms with Gasteiger partial charge in [0.1, 0.15) is 12.6 Å². The van der Waals surface area contributed by atoms with Gasteiger partial charge in [0.15, 0.2) is 0 Å². The first-order chi connectivity index (χ1) is 20.0. The third-order valence-corrected chi connectivity index (χ3v) is 10.4. The van der Waals surface area contributed by atoms with Crippen LogP contribution in [0.15, 0.2) is 71.6 Å². The first-order valence-corrected chi connectivity index (χ1v) is 16.5. The van der Waals surface area contributed by atoms with E-state index >= 15 is 0 Å². The van der Waals surface area contributed by atoms with Crippen LogP contribution in [0.4, 0.5) is 5.69 Å². The van der Waals surface area contributed by atoms with E-state index in [9.17, 15) is 18.0 Å². The number of rotatable bonds is 11. The number of hydrogen-bond donors (Lipinski definition) is 1. The third-order valence-electron chi connectivity index (χ3n) is 7.47. The summed E-state index contributed by atoms with van der Waals surface area (Å²) in [5, 5.41) is 3.92. The molecule has 7 nitrogen and oxygen atoms in total. The van der Waals surface area contributed by atoms with Crippen molar-refractivity contribution in [2.24, 2.45) is 0 Å². The average Bonchev–Trinajstić information content (AvgIpc) is 3.47. The molecule has 1 atom stereocenters. The SMILES string of the molecule is CCC(C(=O)NC1CCCC1)N(Cc1ccccc1Cl)C(=O)CN(c1ccc(Cl)c(Cl)c1)S(=O)(=O)c1ccc(C)cc1. The van der Waals surface area contributed by atoms with Gasteiger partial charge in [0.2, 0.25) is 11.8 Å². The van der Waals surface area contributed by atoms with Crippen LogP contribution in [0.2, 0.25) is 15.1 Å². The zero-order chi connectivity index (χ0) is 30.4. The van der Waals surface area contributed by atoms with E-state index in [1.54, 1.807) is 36.4 Å². The number of nitrogens with one attached hydrogen (secondary N) is 1. The topological polar surface area (TPSA) is 86.8 Å². The molecule has 0 saturated heterocycles. The summed E-state index contributed by atoms with van der Waals surface area (Å²) in [6, 6.07) is 17.0. The number of halogens is 3. The average molecular weight is 651 g/mol. The molecule has 0 heterocycles. The van der Waals surface area contributed by atoms with Gasteiger partial charge >= 0.3 is 0 Å². The number of carbonyl (C=O) groups excluding carboxylic acids is 2. The molecule has 1 aliphatic rings. The van der Waals surface area contributed by atoms with Crippen molar-refractivity contribution >= 4 is 62.3 Å². The second-order valence-electron chi connectivity index (χ2n) is 10.5. The summed E-state index contributed by atoms with van der Waals surface area (Å²) < 4.78 is 29.0. The molecule has 2 amide bonds. The summed E-state index contributed by atoms with van der Waals surface area (Å²) in [6.07, 6.45) is 4.19. The molecule has 3 aromatic rings. The Morgan fingerprint density at radius 2 is 1.60 bits per heavy atom. The summed E-state index contributed by atoms with van der Waals surface area (Å²) in [6.45, 7) is 3.12. The molecule has 0 aromatic heterocycles. The standard InChI is InChI=1S/C31H34Cl3N3O4S/c1-3-29(31(39)35-23-9-5-6-10-23)36(19-22-8-4-7-11-26(22)32)30(38)20-37(24-14-17-27(33)28(34)18-24)42(40,41)25-15-12-21(2)13-16-25/h4,7-8,11-18,23,29H,3,5-6,9-10,19-20H2,1-2H3,(H,35,39). The molecule has 1 N–H and O–H groups in total. The number of amides is 2. The molecule has 0 bridgehead atoms. The predicted octanol–water partition coefficient (Wildman–Crippen LogP) is 7.02. The van der Waals surface area contributed by atoms with Crippen LogP contribution in [0.25, 0.3) is 0 Å². The fourth-order valence-electron chi connectivity index (χ4n) is 5.10. The van der Waals surface area contributed by atoms with Crippen molar-refractivity contribution in [2.75, 3.05) is 10.8 Å². The maximum Gasteiger partial charge on any atom is 0.264 e. The van der Waals surface area contributed by atoms with Gasteiger partial charge in [-0.2, -0.15) is 0 Å². The lowest BCUT2D eigenvalue weighted by atomic mass is 10.1. The minimum absolute atomic E-state index is 0.00986. The van der Waals surface area contributed by atoms with Gasteiger partial charge in [0.25, 0.3) is 10.0 Å². The van der Waals surface area contributed by atoms with E-state index in [0.29, 0.717) is 17.0 Å².